The second-order valence-corrected chi connectivity index (χ2v) is 3.03. The number of rotatable bonds is 3. The molecular formula is C10H16ClN3O. The van der Waals surface area contributed by atoms with Crippen LogP contribution < -0.4 is 11.1 Å². The number of carbonyl (C=O) groups is 1. The van der Waals surface area contributed by atoms with Gasteiger partial charge in [0, 0.05) is 11.9 Å². The van der Waals surface area contributed by atoms with Crippen molar-refractivity contribution in [3.8, 4) is 0 Å². The number of nitrogens with zero attached hydrogens (tertiary/aromatic N) is 1. The molecule has 1 aromatic heterocycles. The highest BCUT2D eigenvalue weighted by Gasteiger charge is 2.00. The number of carbonyl (C=O) groups excluding carboxylic acids is 1. The molecule has 84 valence electrons. The standard InChI is InChI=1S/C8H10ClN3O.C2H6/c1-5-3-12-7(9)2-6(5)11-4-8(10)13;1-2/h2-3H,4H2,1H3,(H2,10,13)(H,11,12);1-2H3. The van der Waals surface area contributed by atoms with Crippen LogP contribution in [0.4, 0.5) is 5.69 Å². The first kappa shape index (κ1) is 13.7. The molecule has 0 radical (unpaired) electrons. The molecule has 0 saturated carbocycles. The van der Waals surface area contributed by atoms with Crippen LogP contribution in [-0.4, -0.2) is 17.4 Å². The van der Waals surface area contributed by atoms with Gasteiger partial charge in [-0.3, -0.25) is 4.79 Å². The minimum Gasteiger partial charge on any atom is -0.376 e. The van der Waals surface area contributed by atoms with Gasteiger partial charge in [-0.2, -0.15) is 0 Å². The average Bonchev–Trinajstić information content (AvgIpc) is 2.22. The van der Waals surface area contributed by atoms with Gasteiger partial charge >= 0.3 is 0 Å². The van der Waals surface area contributed by atoms with Gasteiger partial charge in [-0.1, -0.05) is 25.4 Å². The molecule has 1 heterocycles. The van der Waals surface area contributed by atoms with Gasteiger partial charge in [0.15, 0.2) is 0 Å². The van der Waals surface area contributed by atoms with E-state index in [2.05, 4.69) is 10.3 Å². The molecule has 0 unspecified atom stereocenters. The van der Waals surface area contributed by atoms with Crippen molar-refractivity contribution in [3.05, 3.63) is 23.0 Å². The highest BCUT2D eigenvalue weighted by Crippen LogP contribution is 2.16. The van der Waals surface area contributed by atoms with Gasteiger partial charge in [0.05, 0.1) is 6.54 Å². The molecule has 0 bridgehead atoms. The van der Waals surface area contributed by atoms with Crippen LogP contribution in [-0.2, 0) is 4.79 Å². The molecule has 0 atom stereocenters. The van der Waals surface area contributed by atoms with Crippen molar-refractivity contribution in [2.24, 2.45) is 5.73 Å². The first-order chi connectivity index (χ1) is 7.09. The molecule has 0 aliphatic rings. The zero-order chi connectivity index (χ0) is 11.8. The van der Waals surface area contributed by atoms with E-state index in [0.29, 0.717) is 5.15 Å². The molecule has 1 amide bonds. The third-order valence-electron chi connectivity index (χ3n) is 1.52. The maximum Gasteiger partial charge on any atom is 0.236 e. The van der Waals surface area contributed by atoms with Crippen LogP contribution in [0.25, 0.3) is 0 Å². The van der Waals surface area contributed by atoms with E-state index in [-0.39, 0.29) is 6.54 Å². The van der Waals surface area contributed by atoms with Crippen LogP contribution in [0.1, 0.15) is 19.4 Å². The normalized spacial score (nSPS) is 8.80. The lowest BCUT2D eigenvalue weighted by Gasteiger charge is -2.06. The summed E-state index contributed by atoms with van der Waals surface area (Å²) >= 11 is 5.66. The van der Waals surface area contributed by atoms with Crippen molar-refractivity contribution in [3.63, 3.8) is 0 Å². The predicted molar refractivity (Wildman–Crippen MR) is 63.0 cm³/mol. The fourth-order valence-electron chi connectivity index (χ4n) is 0.871. The fourth-order valence-corrected chi connectivity index (χ4v) is 1.03. The highest BCUT2D eigenvalue weighted by atomic mass is 35.5. The number of primary amides is 1. The number of anilines is 1. The Hall–Kier alpha value is -1.29. The number of hydrogen-bond acceptors (Lipinski definition) is 3. The van der Waals surface area contributed by atoms with Gasteiger partial charge in [0.25, 0.3) is 0 Å². The Morgan fingerprint density at radius 2 is 2.20 bits per heavy atom. The lowest BCUT2D eigenvalue weighted by molar-refractivity contribution is -0.116. The maximum absolute atomic E-state index is 10.5. The van der Waals surface area contributed by atoms with Crippen molar-refractivity contribution in [2.45, 2.75) is 20.8 Å². The van der Waals surface area contributed by atoms with Gasteiger partial charge in [-0.25, -0.2) is 4.98 Å². The van der Waals surface area contributed by atoms with Crippen LogP contribution in [0.15, 0.2) is 12.3 Å². The topological polar surface area (TPSA) is 68.0 Å². The van der Waals surface area contributed by atoms with Crippen LogP contribution in [0, 0.1) is 6.92 Å². The Morgan fingerprint density at radius 3 is 2.73 bits per heavy atom. The summed E-state index contributed by atoms with van der Waals surface area (Å²) in [6.45, 7) is 5.97. The van der Waals surface area contributed by atoms with Gasteiger partial charge in [-0.05, 0) is 18.6 Å². The number of nitrogens with one attached hydrogen (secondary N) is 1. The van der Waals surface area contributed by atoms with E-state index >= 15 is 0 Å². The van der Waals surface area contributed by atoms with E-state index in [1.807, 2.05) is 20.8 Å². The number of aromatic nitrogens is 1. The summed E-state index contributed by atoms with van der Waals surface area (Å²) in [6, 6.07) is 1.65. The van der Waals surface area contributed by atoms with Gasteiger partial charge in [0.1, 0.15) is 5.15 Å². The SMILES string of the molecule is CC.Cc1cnc(Cl)cc1NCC(N)=O. The maximum atomic E-state index is 10.5. The van der Waals surface area contributed by atoms with Crippen molar-refractivity contribution >= 4 is 23.2 Å². The predicted octanol–water partition coefficient (Wildman–Crippen LogP) is 1.97. The summed E-state index contributed by atoms with van der Waals surface area (Å²) in [4.78, 5) is 14.4. The van der Waals surface area contributed by atoms with Crippen LogP contribution in [0.2, 0.25) is 5.15 Å². The summed E-state index contributed by atoms with van der Waals surface area (Å²) in [5, 5.41) is 3.24. The number of halogens is 1. The molecule has 0 saturated heterocycles. The molecule has 1 aromatic rings. The molecule has 0 spiro atoms. The second kappa shape index (κ2) is 7.06. The smallest absolute Gasteiger partial charge is 0.236 e. The van der Waals surface area contributed by atoms with E-state index in [4.69, 9.17) is 17.3 Å². The van der Waals surface area contributed by atoms with Crippen LogP contribution in [0.3, 0.4) is 0 Å². The zero-order valence-corrected chi connectivity index (χ0v) is 9.93. The van der Waals surface area contributed by atoms with Gasteiger partial charge in [0.2, 0.25) is 5.91 Å². The quantitative estimate of drug-likeness (QED) is 0.779. The average molecular weight is 230 g/mol. The number of amides is 1. The number of aryl methyl sites for hydroxylation is 1. The number of hydrogen-bond donors (Lipinski definition) is 2. The Labute approximate surface area is 94.8 Å². The lowest BCUT2D eigenvalue weighted by atomic mass is 10.2. The molecule has 1 rings (SSSR count). The number of nitrogens with two attached hydrogens (primary N) is 1. The Kier molecular flexibility index (Phi) is 6.45. The minimum atomic E-state index is -0.410. The van der Waals surface area contributed by atoms with Crippen molar-refractivity contribution in [2.75, 3.05) is 11.9 Å². The summed E-state index contributed by atoms with van der Waals surface area (Å²) in [6.07, 6.45) is 1.63. The van der Waals surface area contributed by atoms with Gasteiger partial charge in [-0.15, -0.1) is 0 Å². The minimum absolute atomic E-state index is 0.0984. The summed E-state index contributed by atoms with van der Waals surface area (Å²) in [5.41, 5.74) is 6.68. The molecular weight excluding hydrogens is 214 g/mol. The van der Waals surface area contributed by atoms with E-state index in [0.717, 1.165) is 11.3 Å². The summed E-state index contributed by atoms with van der Waals surface area (Å²) in [7, 11) is 0. The molecule has 0 aliphatic heterocycles. The summed E-state index contributed by atoms with van der Waals surface area (Å²) in [5.74, 6) is -0.410. The second-order valence-electron chi connectivity index (χ2n) is 2.64. The molecule has 3 N–H and O–H groups in total. The molecule has 0 aromatic carbocycles. The highest BCUT2D eigenvalue weighted by molar-refractivity contribution is 6.29. The van der Waals surface area contributed by atoms with E-state index < -0.39 is 5.91 Å². The third kappa shape index (κ3) is 5.22. The van der Waals surface area contributed by atoms with E-state index in [1.54, 1.807) is 12.3 Å². The Morgan fingerprint density at radius 1 is 1.60 bits per heavy atom. The zero-order valence-electron chi connectivity index (χ0n) is 9.17. The van der Waals surface area contributed by atoms with E-state index in [9.17, 15) is 4.79 Å². The van der Waals surface area contributed by atoms with E-state index in [1.165, 1.54) is 0 Å². The molecule has 4 nitrogen and oxygen atoms in total. The molecule has 0 aliphatic carbocycles. The number of pyridine rings is 1. The lowest BCUT2D eigenvalue weighted by Crippen LogP contribution is -2.22. The molecule has 0 fully saturated rings. The monoisotopic (exact) mass is 229 g/mol. The van der Waals surface area contributed by atoms with Crippen LogP contribution >= 0.6 is 11.6 Å². The fraction of sp³-hybridized carbons (Fsp3) is 0.400. The Bertz CT molecular complexity index is 328. The first-order valence-electron chi connectivity index (χ1n) is 4.74. The van der Waals surface area contributed by atoms with Crippen molar-refractivity contribution in [1.29, 1.82) is 0 Å². The molecule has 5 heteroatoms. The third-order valence-corrected chi connectivity index (χ3v) is 1.73. The van der Waals surface area contributed by atoms with Crippen molar-refractivity contribution in [1.82, 2.24) is 4.98 Å². The van der Waals surface area contributed by atoms with Crippen LogP contribution in [0.5, 0.6) is 0 Å². The first-order valence-corrected chi connectivity index (χ1v) is 5.11. The van der Waals surface area contributed by atoms with Gasteiger partial charge < -0.3 is 11.1 Å². The Balaban J connectivity index is 0.000000921. The molecule has 15 heavy (non-hydrogen) atoms. The van der Waals surface area contributed by atoms with Crippen molar-refractivity contribution < 1.29 is 4.79 Å². The summed E-state index contributed by atoms with van der Waals surface area (Å²) < 4.78 is 0. The largest absolute Gasteiger partial charge is 0.376 e.